The Balaban J connectivity index is 2.10. The van der Waals surface area contributed by atoms with Crippen LogP contribution in [0.15, 0.2) is 24.3 Å². The number of methoxy groups -OCH3 is 1. The van der Waals surface area contributed by atoms with E-state index in [1.165, 1.54) is 5.56 Å². The van der Waals surface area contributed by atoms with E-state index in [9.17, 15) is 8.42 Å². The Morgan fingerprint density at radius 2 is 2.18 bits per heavy atom. The van der Waals surface area contributed by atoms with Crippen LogP contribution in [0.5, 0.6) is 5.75 Å². The van der Waals surface area contributed by atoms with Crippen LogP contribution in [-0.4, -0.2) is 26.5 Å². The third-order valence-corrected chi connectivity index (χ3v) is 5.60. The Morgan fingerprint density at radius 1 is 1.35 bits per heavy atom. The highest BCUT2D eigenvalue weighted by Crippen LogP contribution is 2.40. The van der Waals surface area contributed by atoms with Gasteiger partial charge in [-0.2, -0.15) is 0 Å². The first-order chi connectivity index (χ1) is 8.12. The number of sulfone groups is 1. The van der Waals surface area contributed by atoms with Gasteiger partial charge in [-0.05, 0) is 41.7 Å². The van der Waals surface area contributed by atoms with Crippen molar-refractivity contribution in [2.24, 2.45) is 0 Å². The normalized spacial score (nSPS) is 24.8. The predicted octanol–water partition coefficient (Wildman–Crippen LogP) is 1.82. The van der Waals surface area contributed by atoms with Gasteiger partial charge in [0.15, 0.2) is 9.84 Å². The van der Waals surface area contributed by atoms with Crippen LogP contribution in [0, 0.1) is 0 Å². The summed E-state index contributed by atoms with van der Waals surface area (Å²) in [6.45, 7) is 0. The molecule has 1 unspecified atom stereocenters. The van der Waals surface area contributed by atoms with Crippen molar-refractivity contribution in [3.8, 4) is 5.75 Å². The summed E-state index contributed by atoms with van der Waals surface area (Å²) >= 11 is 0. The SMILES string of the molecule is COc1ccc2c(c1)CCC1C2=CCS1(=O)=O. The van der Waals surface area contributed by atoms with E-state index in [1.807, 2.05) is 24.3 Å². The number of hydrogen-bond donors (Lipinski definition) is 0. The zero-order valence-electron chi connectivity index (χ0n) is 9.64. The Labute approximate surface area is 101 Å². The molecule has 1 aromatic carbocycles. The first-order valence-corrected chi connectivity index (χ1v) is 7.42. The molecule has 1 aromatic rings. The summed E-state index contributed by atoms with van der Waals surface area (Å²) in [5.74, 6) is 1.03. The molecule has 3 nitrogen and oxygen atoms in total. The highest BCUT2D eigenvalue weighted by molar-refractivity contribution is 7.93. The fraction of sp³-hybridized carbons (Fsp3) is 0.385. The smallest absolute Gasteiger partial charge is 0.160 e. The third kappa shape index (κ3) is 1.59. The van der Waals surface area contributed by atoms with Crippen LogP contribution >= 0.6 is 0 Å². The largest absolute Gasteiger partial charge is 0.497 e. The average Bonchev–Trinajstić information content (AvgIpc) is 2.65. The lowest BCUT2D eigenvalue weighted by Gasteiger charge is -2.23. The summed E-state index contributed by atoms with van der Waals surface area (Å²) in [4.78, 5) is 0. The van der Waals surface area contributed by atoms with E-state index in [0.29, 0.717) is 6.42 Å². The fourth-order valence-electron chi connectivity index (χ4n) is 2.74. The van der Waals surface area contributed by atoms with Gasteiger partial charge in [-0.3, -0.25) is 0 Å². The molecule has 0 radical (unpaired) electrons. The molecule has 0 saturated heterocycles. The third-order valence-electron chi connectivity index (χ3n) is 3.62. The van der Waals surface area contributed by atoms with Crippen molar-refractivity contribution in [2.45, 2.75) is 18.1 Å². The second kappa shape index (κ2) is 3.60. The second-order valence-corrected chi connectivity index (χ2v) is 6.77. The molecule has 0 saturated carbocycles. The minimum atomic E-state index is -2.93. The fourth-order valence-corrected chi connectivity index (χ4v) is 4.47. The summed E-state index contributed by atoms with van der Waals surface area (Å²) in [7, 11) is -1.28. The maximum absolute atomic E-state index is 11.9. The lowest BCUT2D eigenvalue weighted by Crippen LogP contribution is -2.23. The van der Waals surface area contributed by atoms with E-state index in [2.05, 4.69) is 0 Å². The van der Waals surface area contributed by atoms with Crippen molar-refractivity contribution in [1.82, 2.24) is 0 Å². The summed E-state index contributed by atoms with van der Waals surface area (Å²) in [6, 6.07) is 5.89. The van der Waals surface area contributed by atoms with E-state index < -0.39 is 9.84 Å². The molecule has 1 atom stereocenters. The molecule has 4 heteroatoms. The highest BCUT2D eigenvalue weighted by atomic mass is 32.2. The van der Waals surface area contributed by atoms with Crippen molar-refractivity contribution < 1.29 is 13.2 Å². The van der Waals surface area contributed by atoms with Crippen LogP contribution in [-0.2, 0) is 16.3 Å². The molecule has 17 heavy (non-hydrogen) atoms. The van der Waals surface area contributed by atoms with Crippen molar-refractivity contribution in [2.75, 3.05) is 12.9 Å². The van der Waals surface area contributed by atoms with E-state index >= 15 is 0 Å². The van der Waals surface area contributed by atoms with Gasteiger partial charge in [0.1, 0.15) is 5.75 Å². The van der Waals surface area contributed by atoms with Gasteiger partial charge in [-0.15, -0.1) is 0 Å². The van der Waals surface area contributed by atoms with Gasteiger partial charge < -0.3 is 4.74 Å². The molecule has 0 amide bonds. The molecule has 2 aliphatic rings. The maximum Gasteiger partial charge on any atom is 0.160 e. The molecular formula is C13H14O3S. The van der Waals surface area contributed by atoms with Gasteiger partial charge in [0.05, 0.1) is 18.1 Å². The van der Waals surface area contributed by atoms with E-state index in [0.717, 1.165) is 23.3 Å². The molecule has 0 N–H and O–H groups in total. The number of hydrogen-bond acceptors (Lipinski definition) is 3. The van der Waals surface area contributed by atoms with Crippen LogP contribution in [0.1, 0.15) is 17.5 Å². The first kappa shape index (κ1) is 10.8. The Hall–Kier alpha value is -1.29. The van der Waals surface area contributed by atoms with E-state index in [1.54, 1.807) is 7.11 Å². The topological polar surface area (TPSA) is 43.4 Å². The monoisotopic (exact) mass is 250 g/mol. The lowest BCUT2D eigenvalue weighted by atomic mass is 9.87. The number of aryl methyl sites for hydroxylation is 1. The molecule has 3 rings (SSSR count). The molecular weight excluding hydrogens is 236 g/mol. The standard InChI is InChI=1S/C13H14O3S/c1-16-10-3-4-11-9(8-10)2-5-13-12(11)6-7-17(13,14)15/h3-4,6,8,13H,2,5,7H2,1H3. The maximum atomic E-state index is 11.9. The van der Waals surface area contributed by atoms with Crippen LogP contribution in [0.4, 0.5) is 0 Å². The van der Waals surface area contributed by atoms with E-state index in [4.69, 9.17) is 4.74 Å². The highest BCUT2D eigenvalue weighted by Gasteiger charge is 2.37. The van der Waals surface area contributed by atoms with Crippen LogP contribution in [0.2, 0.25) is 0 Å². The van der Waals surface area contributed by atoms with Gasteiger partial charge >= 0.3 is 0 Å². The summed E-state index contributed by atoms with van der Waals surface area (Å²) in [5.41, 5.74) is 3.28. The predicted molar refractivity (Wildman–Crippen MR) is 66.9 cm³/mol. The zero-order chi connectivity index (χ0) is 12.0. The Kier molecular flexibility index (Phi) is 2.30. The molecule has 0 bridgehead atoms. The van der Waals surface area contributed by atoms with Crippen LogP contribution < -0.4 is 4.74 Å². The van der Waals surface area contributed by atoms with Crippen LogP contribution in [0.25, 0.3) is 5.57 Å². The van der Waals surface area contributed by atoms with Gasteiger partial charge in [0.25, 0.3) is 0 Å². The molecule has 1 aliphatic heterocycles. The Morgan fingerprint density at radius 3 is 2.94 bits per heavy atom. The Bertz CT molecular complexity index is 599. The molecule has 1 aliphatic carbocycles. The minimum Gasteiger partial charge on any atom is -0.497 e. The molecule has 0 spiro atoms. The number of rotatable bonds is 1. The first-order valence-electron chi connectivity index (χ1n) is 5.71. The number of ether oxygens (including phenoxy) is 1. The lowest BCUT2D eigenvalue weighted by molar-refractivity contribution is 0.414. The minimum absolute atomic E-state index is 0.193. The summed E-state index contributed by atoms with van der Waals surface area (Å²) in [5, 5.41) is -0.275. The van der Waals surface area contributed by atoms with Gasteiger partial charge in [-0.1, -0.05) is 12.1 Å². The quantitative estimate of drug-likeness (QED) is 0.763. The van der Waals surface area contributed by atoms with Crippen LogP contribution in [0.3, 0.4) is 0 Å². The molecule has 1 heterocycles. The average molecular weight is 250 g/mol. The number of benzene rings is 1. The summed E-state index contributed by atoms with van der Waals surface area (Å²) < 4.78 is 28.9. The van der Waals surface area contributed by atoms with Crippen molar-refractivity contribution in [1.29, 1.82) is 0 Å². The molecule has 0 aromatic heterocycles. The second-order valence-electron chi connectivity index (χ2n) is 4.54. The zero-order valence-corrected chi connectivity index (χ0v) is 10.5. The molecule has 90 valence electrons. The number of fused-ring (bicyclic) bond motifs is 3. The van der Waals surface area contributed by atoms with Gasteiger partial charge in [0.2, 0.25) is 0 Å². The summed E-state index contributed by atoms with van der Waals surface area (Å²) in [6.07, 6.45) is 3.38. The van der Waals surface area contributed by atoms with Crippen molar-refractivity contribution in [3.63, 3.8) is 0 Å². The van der Waals surface area contributed by atoms with Crippen molar-refractivity contribution in [3.05, 3.63) is 35.4 Å². The molecule has 0 fully saturated rings. The van der Waals surface area contributed by atoms with Crippen molar-refractivity contribution >= 4 is 15.4 Å². The van der Waals surface area contributed by atoms with Gasteiger partial charge in [-0.25, -0.2) is 8.42 Å². The van der Waals surface area contributed by atoms with E-state index in [-0.39, 0.29) is 11.0 Å². The van der Waals surface area contributed by atoms with Gasteiger partial charge in [0, 0.05) is 0 Å².